The minimum Gasteiger partial charge on any atom is -0.458 e. The van der Waals surface area contributed by atoms with Crippen LogP contribution in [0.1, 0.15) is 54.0 Å². The fraction of sp³-hybridized carbons (Fsp3) is 0.560. The number of anilines is 1. The van der Waals surface area contributed by atoms with Crippen molar-refractivity contribution in [2.24, 2.45) is 5.92 Å². The number of hydrogen-bond donors (Lipinski definition) is 2. The smallest absolute Gasteiger partial charge is 0.428 e. The summed E-state index contributed by atoms with van der Waals surface area (Å²) in [6.45, 7) is 11.4. The molecule has 2 rings (SSSR count). The molecule has 0 spiro atoms. The number of rotatable bonds is 3. The second-order valence-corrected chi connectivity index (χ2v) is 10.5. The molecule has 0 bridgehead atoms. The standard InChI is InChI=1S/C25H34FN3O6/c1-9-25(8,16-12-15(27)10-11-18(16)26)17-13-32-14-19(17)33-20(28)29(21(30)34-23(2,3)4)22(31)35-24(5,6)7/h1,10-12,17,19,28H,13-14,27H2,2-8H3/t17-,19+,25-/m0/s1. The topological polar surface area (TPSA) is 124 Å². The number of nitrogens with two attached hydrogens (primary N) is 1. The Hall–Kier alpha value is -3.32. The predicted molar refractivity (Wildman–Crippen MR) is 128 cm³/mol. The monoisotopic (exact) mass is 491 g/mol. The Kier molecular flexibility index (Phi) is 8.07. The van der Waals surface area contributed by atoms with Crippen molar-refractivity contribution >= 4 is 23.9 Å². The molecule has 9 nitrogen and oxygen atoms in total. The number of halogens is 1. The average molecular weight is 492 g/mol. The Morgan fingerprint density at radius 1 is 1.11 bits per heavy atom. The summed E-state index contributed by atoms with van der Waals surface area (Å²) in [6.07, 6.45) is 2.66. The molecule has 0 saturated carbocycles. The third kappa shape index (κ3) is 6.85. The molecule has 3 N–H and O–H groups in total. The molecule has 1 aliphatic heterocycles. The highest BCUT2D eigenvalue weighted by Crippen LogP contribution is 2.40. The van der Waals surface area contributed by atoms with E-state index in [-0.39, 0.29) is 18.8 Å². The third-order valence-corrected chi connectivity index (χ3v) is 5.24. The lowest BCUT2D eigenvalue weighted by Gasteiger charge is -2.35. The Morgan fingerprint density at radius 2 is 1.66 bits per heavy atom. The van der Waals surface area contributed by atoms with E-state index in [1.54, 1.807) is 48.5 Å². The number of nitrogens with one attached hydrogen (secondary N) is 1. The van der Waals surface area contributed by atoms with Crippen LogP contribution in [0.25, 0.3) is 0 Å². The van der Waals surface area contributed by atoms with E-state index in [0.717, 1.165) is 0 Å². The van der Waals surface area contributed by atoms with Crippen LogP contribution in [0.2, 0.25) is 0 Å². The molecule has 1 fully saturated rings. The maximum Gasteiger partial charge on any atom is 0.428 e. The largest absolute Gasteiger partial charge is 0.458 e. The Morgan fingerprint density at radius 3 is 2.14 bits per heavy atom. The first-order valence-corrected chi connectivity index (χ1v) is 11.1. The van der Waals surface area contributed by atoms with Crippen molar-refractivity contribution in [2.45, 2.75) is 71.2 Å². The fourth-order valence-corrected chi connectivity index (χ4v) is 3.57. The van der Waals surface area contributed by atoms with Crippen molar-refractivity contribution in [1.82, 2.24) is 4.90 Å². The number of amidine groups is 1. The highest BCUT2D eigenvalue weighted by molar-refractivity contribution is 6.04. The molecule has 1 heterocycles. The summed E-state index contributed by atoms with van der Waals surface area (Å²) in [5.74, 6) is 1.43. The summed E-state index contributed by atoms with van der Waals surface area (Å²) in [7, 11) is 0. The van der Waals surface area contributed by atoms with E-state index >= 15 is 0 Å². The molecule has 0 aliphatic carbocycles. The zero-order valence-electron chi connectivity index (χ0n) is 21.2. The van der Waals surface area contributed by atoms with Gasteiger partial charge in [-0.2, -0.15) is 0 Å². The first kappa shape index (κ1) is 27.9. The molecule has 1 aliphatic rings. The highest BCUT2D eigenvalue weighted by Gasteiger charge is 2.47. The molecular weight excluding hydrogens is 457 g/mol. The number of imide groups is 1. The number of nitrogen functional groups attached to an aromatic ring is 1. The Labute approximate surface area is 205 Å². The van der Waals surface area contributed by atoms with Gasteiger partial charge in [0, 0.05) is 17.2 Å². The van der Waals surface area contributed by atoms with Crippen LogP contribution in [-0.2, 0) is 24.4 Å². The summed E-state index contributed by atoms with van der Waals surface area (Å²) < 4.78 is 36.6. The summed E-state index contributed by atoms with van der Waals surface area (Å²) in [6, 6.07) is 3.26. The molecule has 3 atom stereocenters. The van der Waals surface area contributed by atoms with E-state index in [2.05, 4.69) is 5.92 Å². The van der Waals surface area contributed by atoms with Gasteiger partial charge in [0.05, 0.1) is 18.6 Å². The number of carbonyl (C=O) groups excluding carboxylic acids is 2. The summed E-state index contributed by atoms with van der Waals surface area (Å²) in [5.41, 5.74) is 3.22. The lowest BCUT2D eigenvalue weighted by atomic mass is 9.70. The number of hydrogen-bond acceptors (Lipinski definition) is 8. The molecule has 35 heavy (non-hydrogen) atoms. The van der Waals surface area contributed by atoms with Crippen LogP contribution in [0.15, 0.2) is 18.2 Å². The van der Waals surface area contributed by atoms with Crippen LogP contribution >= 0.6 is 0 Å². The van der Waals surface area contributed by atoms with Crippen molar-refractivity contribution in [1.29, 1.82) is 5.41 Å². The maximum atomic E-state index is 14.7. The van der Waals surface area contributed by atoms with Gasteiger partial charge in [0.15, 0.2) is 0 Å². The molecular formula is C25H34FN3O6. The molecule has 10 heteroatoms. The van der Waals surface area contributed by atoms with Crippen LogP contribution in [-0.4, -0.2) is 53.6 Å². The number of carbonyl (C=O) groups is 2. The lowest BCUT2D eigenvalue weighted by molar-refractivity contribution is 0.00541. The van der Waals surface area contributed by atoms with Crippen molar-refractivity contribution in [3.8, 4) is 12.3 Å². The van der Waals surface area contributed by atoms with E-state index < -0.39 is 52.7 Å². The quantitative estimate of drug-likeness (QED) is 0.277. The van der Waals surface area contributed by atoms with Gasteiger partial charge in [-0.1, -0.05) is 5.92 Å². The highest BCUT2D eigenvalue weighted by atomic mass is 19.1. The first-order valence-electron chi connectivity index (χ1n) is 11.1. The molecule has 1 aromatic rings. The molecule has 2 amide bonds. The molecule has 0 radical (unpaired) electrons. The Balaban J connectivity index is 2.37. The number of ether oxygens (including phenoxy) is 4. The van der Waals surface area contributed by atoms with Crippen LogP contribution in [0.3, 0.4) is 0 Å². The number of nitrogens with zero attached hydrogens (tertiary/aromatic N) is 1. The normalized spacial score (nSPS) is 19.7. The summed E-state index contributed by atoms with van der Waals surface area (Å²) >= 11 is 0. The van der Waals surface area contributed by atoms with Gasteiger partial charge in [-0.3, -0.25) is 5.41 Å². The second-order valence-electron chi connectivity index (χ2n) is 10.5. The van der Waals surface area contributed by atoms with Crippen LogP contribution in [0, 0.1) is 29.5 Å². The summed E-state index contributed by atoms with van der Waals surface area (Å²) in [5, 5.41) is 8.42. The zero-order valence-corrected chi connectivity index (χ0v) is 21.2. The van der Waals surface area contributed by atoms with E-state index in [0.29, 0.717) is 10.6 Å². The first-order chi connectivity index (χ1) is 16.0. The van der Waals surface area contributed by atoms with E-state index in [1.807, 2.05) is 0 Å². The van der Waals surface area contributed by atoms with Gasteiger partial charge in [0.2, 0.25) is 0 Å². The van der Waals surface area contributed by atoms with Gasteiger partial charge in [-0.25, -0.2) is 14.0 Å². The van der Waals surface area contributed by atoms with Crippen molar-refractivity contribution < 1.29 is 32.9 Å². The van der Waals surface area contributed by atoms with Crippen LogP contribution < -0.4 is 5.73 Å². The fourth-order valence-electron chi connectivity index (χ4n) is 3.57. The molecule has 192 valence electrons. The summed E-state index contributed by atoms with van der Waals surface area (Å²) in [4.78, 5) is 26.0. The number of benzene rings is 1. The molecule has 1 saturated heterocycles. The van der Waals surface area contributed by atoms with Gasteiger partial charge in [-0.15, -0.1) is 11.3 Å². The lowest BCUT2D eigenvalue weighted by Crippen LogP contribution is -2.50. The zero-order chi connectivity index (χ0) is 26.8. The molecule has 0 unspecified atom stereocenters. The van der Waals surface area contributed by atoms with Crippen LogP contribution in [0.4, 0.5) is 19.7 Å². The van der Waals surface area contributed by atoms with E-state index in [1.165, 1.54) is 18.2 Å². The Bertz CT molecular complexity index is 995. The van der Waals surface area contributed by atoms with Gasteiger partial charge in [0.1, 0.15) is 23.1 Å². The third-order valence-electron chi connectivity index (χ3n) is 5.24. The van der Waals surface area contributed by atoms with Crippen LogP contribution in [0.5, 0.6) is 0 Å². The number of amides is 2. The van der Waals surface area contributed by atoms with Crippen molar-refractivity contribution in [2.75, 3.05) is 18.9 Å². The van der Waals surface area contributed by atoms with Gasteiger partial charge >= 0.3 is 18.2 Å². The number of terminal acetylenes is 1. The molecule has 1 aromatic carbocycles. The average Bonchev–Trinajstić information content (AvgIpc) is 3.15. The minimum absolute atomic E-state index is 0.00920. The minimum atomic E-state index is -1.23. The maximum absolute atomic E-state index is 14.7. The SMILES string of the molecule is C#C[C@@](C)(c1cc(N)ccc1F)[C@H]1COC[C@H]1OC(=N)N(C(=O)OC(C)(C)C)C(=O)OC(C)(C)C. The van der Waals surface area contributed by atoms with Gasteiger partial charge in [0.25, 0.3) is 0 Å². The molecule has 0 aromatic heterocycles. The van der Waals surface area contributed by atoms with Gasteiger partial charge < -0.3 is 24.7 Å². The van der Waals surface area contributed by atoms with Crippen molar-refractivity contribution in [3.63, 3.8) is 0 Å². The van der Waals surface area contributed by atoms with E-state index in [9.17, 15) is 14.0 Å². The van der Waals surface area contributed by atoms with E-state index in [4.69, 9.17) is 36.5 Å². The van der Waals surface area contributed by atoms with Crippen molar-refractivity contribution in [3.05, 3.63) is 29.6 Å². The van der Waals surface area contributed by atoms with Gasteiger partial charge in [-0.05, 0) is 66.7 Å². The predicted octanol–water partition coefficient (Wildman–Crippen LogP) is 4.44. The second kappa shape index (κ2) is 10.1.